The first kappa shape index (κ1) is 49.1. The molecule has 0 amide bonds. The lowest BCUT2D eigenvalue weighted by Gasteiger charge is -2.54. The van der Waals surface area contributed by atoms with Crippen molar-refractivity contribution in [1.29, 1.82) is 0 Å². The zero-order chi connectivity index (χ0) is 40.0. The molecule has 1 heteroatoms. The highest BCUT2D eigenvalue weighted by molar-refractivity contribution is 4.98. The van der Waals surface area contributed by atoms with Gasteiger partial charge in [0.1, 0.15) is 0 Å². The summed E-state index contributed by atoms with van der Waals surface area (Å²) in [6.45, 7) is 42.4. The minimum atomic E-state index is 0.214. The van der Waals surface area contributed by atoms with E-state index in [0.29, 0.717) is 10.8 Å². The van der Waals surface area contributed by atoms with Crippen molar-refractivity contribution in [3.63, 3.8) is 0 Å². The van der Waals surface area contributed by atoms with E-state index in [4.69, 9.17) is 0 Å². The molecule has 0 N–H and O–H groups in total. The standard InChI is InChI=1S/C52H103N/c1-17-25-46(51(14,15)47(36-40(7)8)31-29-44(19-3)20-4)33-35-50(12,13)53(38-52(16,42(10)18-2)34-24-23-26-39(5)6)48-32-30-45-28-22-21-27-41(9)43(11)49(45)37-48/h39-49H,17-38H2,1-16H3/t41?,42?,43?,45?,46?,47?,48?,49?,52-/m0/s1. The number of hydrogen-bond acceptors (Lipinski definition) is 1. The zero-order valence-corrected chi connectivity index (χ0v) is 39.9. The van der Waals surface area contributed by atoms with Crippen molar-refractivity contribution >= 4 is 0 Å². The first-order valence-electron chi connectivity index (χ1n) is 24.6. The quantitative estimate of drug-likeness (QED) is 0.0842. The summed E-state index contributed by atoms with van der Waals surface area (Å²) in [5, 5.41) is 0. The van der Waals surface area contributed by atoms with Gasteiger partial charge in [-0.15, -0.1) is 0 Å². The molecular formula is C52H103N. The predicted octanol–water partition coefficient (Wildman–Crippen LogP) is 17.1. The summed E-state index contributed by atoms with van der Waals surface area (Å²) in [4.78, 5) is 3.22. The van der Waals surface area contributed by atoms with Gasteiger partial charge in [0.15, 0.2) is 0 Å². The van der Waals surface area contributed by atoms with Crippen LogP contribution in [0.5, 0.6) is 0 Å². The second kappa shape index (κ2) is 23.4. The van der Waals surface area contributed by atoms with Gasteiger partial charge >= 0.3 is 0 Å². The second-order valence-corrected chi connectivity index (χ2v) is 22.5. The Morgan fingerprint density at radius 1 is 0.642 bits per heavy atom. The van der Waals surface area contributed by atoms with Crippen LogP contribution >= 0.6 is 0 Å². The van der Waals surface area contributed by atoms with Gasteiger partial charge in [-0.3, -0.25) is 4.90 Å². The molecular weight excluding hydrogens is 639 g/mol. The monoisotopic (exact) mass is 742 g/mol. The van der Waals surface area contributed by atoms with Gasteiger partial charge in [0.2, 0.25) is 0 Å². The molecule has 2 saturated carbocycles. The van der Waals surface area contributed by atoms with Crippen LogP contribution < -0.4 is 0 Å². The number of nitrogens with zero attached hydrogens (tertiary/aromatic N) is 1. The van der Waals surface area contributed by atoms with Crippen LogP contribution in [0.25, 0.3) is 0 Å². The van der Waals surface area contributed by atoms with Crippen LogP contribution in [0, 0.1) is 70.0 Å². The Bertz CT molecular complexity index is 939. The zero-order valence-electron chi connectivity index (χ0n) is 39.9. The predicted molar refractivity (Wildman–Crippen MR) is 241 cm³/mol. The average molecular weight is 742 g/mol. The largest absolute Gasteiger partial charge is 0.295 e. The number of hydrogen-bond donors (Lipinski definition) is 0. The molecule has 0 radical (unpaired) electrons. The number of unbranched alkanes of at least 4 members (excludes halogenated alkanes) is 1. The Labute approximate surface area is 337 Å². The molecule has 2 aliphatic carbocycles. The maximum Gasteiger partial charge on any atom is 0.0156 e. The van der Waals surface area contributed by atoms with Gasteiger partial charge in [0.25, 0.3) is 0 Å². The Hall–Kier alpha value is -0.0400. The maximum atomic E-state index is 3.22. The molecule has 0 bridgehead atoms. The van der Waals surface area contributed by atoms with Crippen molar-refractivity contribution in [1.82, 2.24) is 4.90 Å². The van der Waals surface area contributed by atoms with Crippen LogP contribution in [0.4, 0.5) is 0 Å². The molecule has 0 aliphatic heterocycles. The molecule has 53 heavy (non-hydrogen) atoms. The Balaban J connectivity index is 2.48. The molecule has 0 aromatic carbocycles. The molecule has 1 nitrogen and oxygen atoms in total. The number of rotatable bonds is 25. The van der Waals surface area contributed by atoms with Crippen molar-refractivity contribution in [3.8, 4) is 0 Å². The van der Waals surface area contributed by atoms with Crippen molar-refractivity contribution in [2.45, 2.75) is 257 Å². The topological polar surface area (TPSA) is 3.24 Å². The minimum Gasteiger partial charge on any atom is -0.295 e. The Morgan fingerprint density at radius 2 is 1.30 bits per heavy atom. The summed E-state index contributed by atoms with van der Waals surface area (Å²) in [6, 6.07) is 0.741. The highest BCUT2D eigenvalue weighted by Crippen LogP contribution is 2.50. The molecule has 2 aliphatic rings. The smallest absolute Gasteiger partial charge is 0.0156 e. The van der Waals surface area contributed by atoms with Gasteiger partial charge in [0, 0.05) is 18.1 Å². The fourth-order valence-electron chi connectivity index (χ4n) is 12.1. The molecule has 0 saturated heterocycles. The highest BCUT2D eigenvalue weighted by atomic mass is 15.2. The Kier molecular flexibility index (Phi) is 21.7. The maximum absolute atomic E-state index is 3.22. The van der Waals surface area contributed by atoms with Crippen LogP contribution in [0.15, 0.2) is 0 Å². The normalized spacial score (nSPS) is 26.4. The second-order valence-electron chi connectivity index (χ2n) is 22.5. The highest BCUT2D eigenvalue weighted by Gasteiger charge is 2.45. The van der Waals surface area contributed by atoms with Gasteiger partial charge in [-0.1, -0.05) is 180 Å². The summed E-state index contributed by atoms with van der Waals surface area (Å²) >= 11 is 0. The van der Waals surface area contributed by atoms with Crippen LogP contribution in [0.2, 0.25) is 0 Å². The summed E-state index contributed by atoms with van der Waals surface area (Å²) in [6.07, 6.45) is 29.6. The van der Waals surface area contributed by atoms with Crippen LogP contribution in [-0.2, 0) is 0 Å². The van der Waals surface area contributed by atoms with Crippen molar-refractivity contribution < 1.29 is 0 Å². The van der Waals surface area contributed by atoms with Gasteiger partial charge in [-0.25, -0.2) is 0 Å². The molecule has 2 fully saturated rings. The van der Waals surface area contributed by atoms with E-state index in [9.17, 15) is 0 Å². The molecule has 9 atom stereocenters. The fourth-order valence-corrected chi connectivity index (χ4v) is 12.1. The lowest BCUT2D eigenvalue weighted by molar-refractivity contribution is -0.0461. The molecule has 0 spiro atoms. The lowest BCUT2D eigenvalue weighted by Crippen LogP contribution is -2.57. The van der Waals surface area contributed by atoms with E-state index < -0.39 is 0 Å². The van der Waals surface area contributed by atoms with Crippen molar-refractivity contribution in [3.05, 3.63) is 0 Å². The SMILES string of the molecule is CCCC(CCC(C)(C)N(C[C@](C)(CCCCC(C)C)C(C)CC)C1CCC2CCCCC(C)C(C)C2C1)C(C)(C)C(CCC(CC)CC)CC(C)C. The van der Waals surface area contributed by atoms with E-state index in [2.05, 4.69) is 116 Å². The first-order valence-corrected chi connectivity index (χ1v) is 24.6. The van der Waals surface area contributed by atoms with Gasteiger partial charge in [-0.2, -0.15) is 0 Å². The molecule has 0 heterocycles. The third kappa shape index (κ3) is 15.0. The molecule has 2 rings (SSSR count). The summed E-state index contributed by atoms with van der Waals surface area (Å²) in [7, 11) is 0. The third-order valence-electron chi connectivity index (χ3n) is 17.1. The fraction of sp³-hybridized carbons (Fsp3) is 1.00. The van der Waals surface area contributed by atoms with Crippen LogP contribution in [0.1, 0.15) is 246 Å². The molecule has 0 aromatic rings. The Morgan fingerprint density at radius 3 is 1.89 bits per heavy atom. The van der Waals surface area contributed by atoms with E-state index >= 15 is 0 Å². The third-order valence-corrected chi connectivity index (χ3v) is 17.1. The van der Waals surface area contributed by atoms with Crippen LogP contribution in [-0.4, -0.2) is 23.0 Å². The molecule has 0 aromatic heterocycles. The number of fused-ring (bicyclic) bond motifs is 1. The molecule has 316 valence electrons. The van der Waals surface area contributed by atoms with Gasteiger partial charge in [0.05, 0.1) is 0 Å². The summed E-state index contributed by atoms with van der Waals surface area (Å²) < 4.78 is 0. The first-order chi connectivity index (χ1) is 24.9. The van der Waals surface area contributed by atoms with Crippen molar-refractivity contribution in [2.24, 2.45) is 70.0 Å². The van der Waals surface area contributed by atoms with Gasteiger partial charge in [-0.05, 0) is 135 Å². The van der Waals surface area contributed by atoms with E-state index in [1.165, 1.54) is 141 Å². The minimum absolute atomic E-state index is 0.214. The summed E-state index contributed by atoms with van der Waals surface area (Å²) in [5.74, 6) is 8.55. The lowest BCUT2D eigenvalue weighted by atomic mass is 9.61. The van der Waals surface area contributed by atoms with E-state index in [1.807, 2.05) is 0 Å². The van der Waals surface area contributed by atoms with E-state index in [-0.39, 0.29) is 5.54 Å². The average Bonchev–Trinajstić information content (AvgIpc) is 3.10. The van der Waals surface area contributed by atoms with E-state index in [1.54, 1.807) is 0 Å². The summed E-state index contributed by atoms with van der Waals surface area (Å²) in [5.41, 5.74) is 0.975. The van der Waals surface area contributed by atoms with Crippen LogP contribution in [0.3, 0.4) is 0 Å². The van der Waals surface area contributed by atoms with Crippen molar-refractivity contribution in [2.75, 3.05) is 6.54 Å². The molecule has 8 unspecified atom stereocenters. The van der Waals surface area contributed by atoms with Gasteiger partial charge < -0.3 is 0 Å². The van der Waals surface area contributed by atoms with E-state index in [0.717, 1.165) is 65.2 Å².